The van der Waals surface area contributed by atoms with Crippen LogP contribution in [-0.4, -0.2) is 29.4 Å². The van der Waals surface area contributed by atoms with Gasteiger partial charge in [0.05, 0.1) is 19.3 Å². The number of carbonyl (C=O) groups is 2. The number of rotatable bonds is 8. The van der Waals surface area contributed by atoms with Crippen LogP contribution in [0.2, 0.25) is 0 Å². The summed E-state index contributed by atoms with van der Waals surface area (Å²) in [6.45, 7) is 0.494. The predicted molar refractivity (Wildman–Crippen MR) is 117 cm³/mol. The molecule has 1 aliphatic carbocycles. The summed E-state index contributed by atoms with van der Waals surface area (Å²) in [5, 5.41) is 7.16. The highest BCUT2D eigenvalue weighted by atomic mass is 32.1. The molecular formula is C23H29N3O3S. The molecule has 30 heavy (non-hydrogen) atoms. The number of carbonyl (C=O) groups excluding carboxylic acids is 2. The molecule has 0 radical (unpaired) electrons. The van der Waals surface area contributed by atoms with Gasteiger partial charge >= 0.3 is 0 Å². The van der Waals surface area contributed by atoms with Crippen LogP contribution in [0.1, 0.15) is 59.7 Å². The molecule has 160 valence electrons. The number of hydrogen-bond donors (Lipinski definition) is 2. The van der Waals surface area contributed by atoms with Gasteiger partial charge in [0, 0.05) is 23.3 Å². The molecule has 0 spiro atoms. The molecule has 6 nitrogen and oxygen atoms in total. The zero-order chi connectivity index (χ0) is 21.0. The third-order valence-corrected chi connectivity index (χ3v) is 7.25. The quantitative estimate of drug-likeness (QED) is 0.677. The Bertz CT molecular complexity index is 885. The van der Waals surface area contributed by atoms with E-state index in [1.807, 2.05) is 24.3 Å². The van der Waals surface area contributed by atoms with Gasteiger partial charge in [-0.15, -0.1) is 11.3 Å². The first kappa shape index (κ1) is 20.8. The van der Waals surface area contributed by atoms with Gasteiger partial charge in [-0.2, -0.15) is 0 Å². The van der Waals surface area contributed by atoms with E-state index in [0.717, 1.165) is 42.0 Å². The third-order valence-electron chi connectivity index (χ3n) is 6.09. The molecule has 2 heterocycles. The summed E-state index contributed by atoms with van der Waals surface area (Å²) in [6.07, 6.45) is 7.64. The minimum atomic E-state index is -0.358. The van der Waals surface area contributed by atoms with E-state index in [0.29, 0.717) is 25.8 Å². The van der Waals surface area contributed by atoms with E-state index in [1.165, 1.54) is 23.4 Å². The zero-order valence-corrected chi connectivity index (χ0v) is 18.3. The Morgan fingerprint density at radius 1 is 1.23 bits per heavy atom. The molecule has 7 heteroatoms. The van der Waals surface area contributed by atoms with Crippen LogP contribution in [-0.2, 0) is 35.4 Å². The zero-order valence-electron chi connectivity index (χ0n) is 17.5. The van der Waals surface area contributed by atoms with Crippen molar-refractivity contribution < 1.29 is 14.3 Å². The van der Waals surface area contributed by atoms with Gasteiger partial charge in [0.1, 0.15) is 10.8 Å². The SMILES string of the molecule is COc1ccc(CC2(CCC(=O)NCc3nc4c(s3)CCCC4)CCC(=O)N2)cc1. The lowest BCUT2D eigenvalue weighted by atomic mass is 9.85. The Morgan fingerprint density at radius 3 is 2.73 bits per heavy atom. The van der Waals surface area contributed by atoms with Gasteiger partial charge in [0.25, 0.3) is 0 Å². The highest BCUT2D eigenvalue weighted by Crippen LogP contribution is 2.30. The van der Waals surface area contributed by atoms with Crippen molar-refractivity contribution in [2.75, 3.05) is 7.11 Å². The number of aromatic nitrogens is 1. The maximum absolute atomic E-state index is 12.5. The normalized spacial score (nSPS) is 20.5. The number of methoxy groups -OCH3 is 1. The minimum absolute atomic E-state index is 0.0124. The maximum Gasteiger partial charge on any atom is 0.220 e. The fourth-order valence-electron chi connectivity index (χ4n) is 4.41. The molecule has 0 bridgehead atoms. The lowest BCUT2D eigenvalue weighted by Crippen LogP contribution is -2.44. The average molecular weight is 428 g/mol. The summed E-state index contributed by atoms with van der Waals surface area (Å²) in [5.74, 6) is 0.891. The van der Waals surface area contributed by atoms with Crippen LogP contribution in [0.4, 0.5) is 0 Å². The molecule has 1 atom stereocenters. The van der Waals surface area contributed by atoms with Crippen LogP contribution in [0.25, 0.3) is 0 Å². The number of fused-ring (bicyclic) bond motifs is 1. The Morgan fingerprint density at radius 2 is 2.03 bits per heavy atom. The lowest BCUT2D eigenvalue weighted by molar-refractivity contribution is -0.122. The van der Waals surface area contributed by atoms with Crippen LogP contribution in [0, 0.1) is 0 Å². The van der Waals surface area contributed by atoms with Crippen LogP contribution in [0.5, 0.6) is 5.75 Å². The summed E-state index contributed by atoms with van der Waals surface area (Å²) in [5.41, 5.74) is 2.00. The van der Waals surface area contributed by atoms with Crippen LogP contribution < -0.4 is 15.4 Å². The van der Waals surface area contributed by atoms with E-state index < -0.39 is 0 Å². The van der Waals surface area contributed by atoms with E-state index in [2.05, 4.69) is 10.6 Å². The van der Waals surface area contributed by atoms with Crippen molar-refractivity contribution in [1.82, 2.24) is 15.6 Å². The fraction of sp³-hybridized carbons (Fsp3) is 0.522. The summed E-state index contributed by atoms with van der Waals surface area (Å²) in [6, 6.07) is 7.91. The van der Waals surface area contributed by atoms with Gasteiger partial charge in [-0.25, -0.2) is 4.98 Å². The number of amides is 2. The van der Waals surface area contributed by atoms with E-state index in [9.17, 15) is 9.59 Å². The number of nitrogens with one attached hydrogen (secondary N) is 2. The monoisotopic (exact) mass is 427 g/mol. The Kier molecular flexibility index (Phi) is 6.37. The summed E-state index contributed by atoms with van der Waals surface area (Å²) in [7, 11) is 1.65. The number of benzene rings is 1. The molecule has 4 rings (SSSR count). The Balaban J connectivity index is 1.32. The second-order valence-corrected chi connectivity index (χ2v) is 9.48. The number of nitrogens with zero attached hydrogens (tertiary/aromatic N) is 1. The topological polar surface area (TPSA) is 80.3 Å². The van der Waals surface area contributed by atoms with Crippen molar-refractivity contribution in [2.24, 2.45) is 0 Å². The van der Waals surface area contributed by atoms with E-state index in [1.54, 1.807) is 18.4 Å². The molecule has 0 saturated carbocycles. The molecule has 2 N–H and O–H groups in total. The van der Waals surface area contributed by atoms with Gasteiger partial charge in [0.2, 0.25) is 11.8 Å². The van der Waals surface area contributed by atoms with Crippen LogP contribution in [0.15, 0.2) is 24.3 Å². The van der Waals surface area contributed by atoms with E-state index in [4.69, 9.17) is 9.72 Å². The highest BCUT2D eigenvalue weighted by molar-refractivity contribution is 7.11. The first-order valence-electron chi connectivity index (χ1n) is 10.7. The third kappa shape index (κ3) is 5.01. The molecule has 1 aromatic carbocycles. The molecule has 1 unspecified atom stereocenters. The fourth-order valence-corrected chi connectivity index (χ4v) is 5.51. The number of hydrogen-bond acceptors (Lipinski definition) is 5. The molecule has 1 aliphatic heterocycles. The number of ether oxygens (including phenoxy) is 1. The molecular weight excluding hydrogens is 398 g/mol. The van der Waals surface area contributed by atoms with Gasteiger partial charge in [-0.05, 0) is 62.6 Å². The summed E-state index contributed by atoms with van der Waals surface area (Å²) < 4.78 is 5.22. The average Bonchev–Trinajstić information content (AvgIpc) is 3.34. The largest absolute Gasteiger partial charge is 0.497 e. The van der Waals surface area contributed by atoms with Gasteiger partial charge in [0.15, 0.2) is 0 Å². The maximum atomic E-state index is 12.5. The number of thiazole rings is 1. The van der Waals surface area contributed by atoms with Crippen molar-refractivity contribution in [1.29, 1.82) is 0 Å². The standard InChI is InChI=1S/C23H29N3O3S/c1-29-17-8-6-16(7-9-17)14-23(13-11-21(28)26-23)12-10-20(27)24-15-22-25-18-4-2-3-5-19(18)30-22/h6-9H,2-5,10-15H2,1H3,(H,24,27)(H,26,28). The van der Waals surface area contributed by atoms with Crippen molar-refractivity contribution in [2.45, 2.75) is 69.9 Å². The highest BCUT2D eigenvalue weighted by Gasteiger charge is 2.37. The second-order valence-electron chi connectivity index (χ2n) is 8.31. The first-order valence-corrected chi connectivity index (χ1v) is 11.5. The van der Waals surface area contributed by atoms with Gasteiger partial charge in [-0.3, -0.25) is 9.59 Å². The Labute approximate surface area is 181 Å². The summed E-state index contributed by atoms with van der Waals surface area (Å²) in [4.78, 5) is 30.6. The summed E-state index contributed by atoms with van der Waals surface area (Å²) >= 11 is 1.73. The minimum Gasteiger partial charge on any atom is -0.497 e. The van der Waals surface area contributed by atoms with Crippen molar-refractivity contribution in [3.8, 4) is 5.75 Å². The Hall–Kier alpha value is -2.41. The lowest BCUT2D eigenvalue weighted by Gasteiger charge is -2.29. The van der Waals surface area contributed by atoms with Crippen molar-refractivity contribution in [3.63, 3.8) is 0 Å². The van der Waals surface area contributed by atoms with Crippen molar-refractivity contribution in [3.05, 3.63) is 45.4 Å². The first-order chi connectivity index (χ1) is 14.5. The van der Waals surface area contributed by atoms with E-state index >= 15 is 0 Å². The molecule has 2 aliphatic rings. The smallest absolute Gasteiger partial charge is 0.220 e. The number of aryl methyl sites for hydroxylation is 2. The predicted octanol–water partition coefficient (Wildman–Crippen LogP) is 3.32. The van der Waals surface area contributed by atoms with E-state index in [-0.39, 0.29) is 17.4 Å². The van der Waals surface area contributed by atoms with Gasteiger partial charge in [-0.1, -0.05) is 12.1 Å². The van der Waals surface area contributed by atoms with Crippen molar-refractivity contribution >= 4 is 23.2 Å². The molecule has 2 amide bonds. The van der Waals surface area contributed by atoms with Crippen LogP contribution >= 0.6 is 11.3 Å². The van der Waals surface area contributed by atoms with Crippen LogP contribution in [0.3, 0.4) is 0 Å². The van der Waals surface area contributed by atoms with Gasteiger partial charge < -0.3 is 15.4 Å². The molecule has 1 fully saturated rings. The molecule has 1 saturated heterocycles. The molecule has 1 aromatic heterocycles. The molecule has 2 aromatic rings. The second kappa shape index (κ2) is 9.16.